The molecule has 2 atom stereocenters. The predicted octanol–water partition coefficient (Wildman–Crippen LogP) is 3.97. The first-order chi connectivity index (χ1) is 15.1. The van der Waals surface area contributed by atoms with Gasteiger partial charge in [-0.3, -0.25) is 9.59 Å². The number of nitrogens with one attached hydrogen (secondary N) is 3. The van der Waals surface area contributed by atoms with Gasteiger partial charge in [0.2, 0.25) is 0 Å². The van der Waals surface area contributed by atoms with Gasteiger partial charge in [-0.25, -0.2) is 4.39 Å². The summed E-state index contributed by atoms with van der Waals surface area (Å²) in [5.41, 5.74) is 3.59. The Morgan fingerprint density at radius 1 is 1.16 bits per heavy atom. The minimum absolute atomic E-state index is 0.0830. The Balaban J connectivity index is 2.28. The van der Waals surface area contributed by atoms with E-state index in [0.29, 0.717) is 18.2 Å². The first-order valence-corrected chi connectivity index (χ1v) is 11.4. The van der Waals surface area contributed by atoms with Gasteiger partial charge in [0.25, 0.3) is 11.5 Å². The average molecular weight is 445 g/mol. The van der Waals surface area contributed by atoms with Crippen molar-refractivity contribution in [2.24, 2.45) is 0 Å². The maximum atomic E-state index is 14.6. The molecule has 2 unspecified atom stereocenters. The summed E-state index contributed by atoms with van der Waals surface area (Å²) in [5.74, 6) is -0.849. The number of rotatable bonds is 10. The highest BCUT2D eigenvalue weighted by Gasteiger charge is 2.22. The van der Waals surface area contributed by atoms with Gasteiger partial charge in [0, 0.05) is 47.7 Å². The number of amides is 1. The van der Waals surface area contributed by atoms with Crippen LogP contribution < -0.4 is 21.1 Å². The summed E-state index contributed by atoms with van der Waals surface area (Å²) in [7, 11) is 0. The van der Waals surface area contributed by atoms with Crippen LogP contribution in [0.3, 0.4) is 0 Å². The zero-order valence-corrected chi connectivity index (χ0v) is 20.4. The third-order valence-electron chi connectivity index (χ3n) is 5.94. The maximum absolute atomic E-state index is 14.6. The molecule has 0 fully saturated rings. The zero-order chi connectivity index (χ0) is 24.0. The minimum Gasteiger partial charge on any atom is -0.369 e. The largest absolute Gasteiger partial charge is 0.369 e. The molecule has 1 amide bonds. The molecule has 2 rings (SSSR count). The van der Waals surface area contributed by atoms with E-state index in [2.05, 4.69) is 41.3 Å². The van der Waals surface area contributed by atoms with Crippen molar-refractivity contribution in [1.29, 1.82) is 0 Å². The molecule has 0 spiro atoms. The van der Waals surface area contributed by atoms with E-state index in [1.54, 1.807) is 0 Å². The molecule has 0 saturated heterocycles. The van der Waals surface area contributed by atoms with Gasteiger partial charge >= 0.3 is 0 Å². The van der Waals surface area contributed by atoms with Crippen LogP contribution >= 0.6 is 0 Å². The molecule has 1 aromatic carbocycles. The van der Waals surface area contributed by atoms with E-state index in [1.165, 1.54) is 12.1 Å². The number of nitrogens with zero attached hydrogens (tertiary/aromatic N) is 1. The van der Waals surface area contributed by atoms with E-state index in [-0.39, 0.29) is 23.7 Å². The normalized spacial score (nSPS) is 13.0. The second-order valence-corrected chi connectivity index (χ2v) is 8.55. The second-order valence-electron chi connectivity index (χ2n) is 8.55. The van der Waals surface area contributed by atoms with E-state index < -0.39 is 11.7 Å². The Hall–Kier alpha value is -2.67. The third-order valence-corrected chi connectivity index (χ3v) is 5.94. The highest BCUT2D eigenvalue weighted by Crippen LogP contribution is 2.28. The SMILES string of the molecule is CCNC(C)CC(C)N(CC)c1cc(F)cc(C(=O)NCc2c(C)cc(C)[nH]c2=O)c1C. The summed E-state index contributed by atoms with van der Waals surface area (Å²) in [5, 5.41) is 6.21. The molecule has 0 aliphatic heterocycles. The third kappa shape index (κ3) is 6.19. The summed E-state index contributed by atoms with van der Waals surface area (Å²) >= 11 is 0. The number of hydrogen-bond acceptors (Lipinski definition) is 4. The van der Waals surface area contributed by atoms with Crippen LogP contribution in [0.2, 0.25) is 0 Å². The first kappa shape index (κ1) is 25.6. The van der Waals surface area contributed by atoms with E-state index in [9.17, 15) is 14.0 Å². The monoisotopic (exact) mass is 444 g/mol. The lowest BCUT2D eigenvalue weighted by Gasteiger charge is -2.34. The van der Waals surface area contributed by atoms with E-state index in [1.807, 2.05) is 33.8 Å². The quantitative estimate of drug-likeness (QED) is 0.518. The van der Waals surface area contributed by atoms with Crippen molar-refractivity contribution in [3.8, 4) is 0 Å². The van der Waals surface area contributed by atoms with Crippen molar-refractivity contribution in [3.63, 3.8) is 0 Å². The molecule has 0 aliphatic carbocycles. The molecule has 1 aromatic heterocycles. The van der Waals surface area contributed by atoms with Gasteiger partial charge < -0.3 is 20.5 Å². The number of aryl methyl sites for hydroxylation is 2. The highest BCUT2D eigenvalue weighted by molar-refractivity contribution is 5.97. The van der Waals surface area contributed by atoms with Crippen LogP contribution in [-0.4, -0.2) is 36.1 Å². The van der Waals surface area contributed by atoms with Crippen molar-refractivity contribution in [2.75, 3.05) is 18.0 Å². The van der Waals surface area contributed by atoms with Crippen molar-refractivity contribution in [2.45, 2.75) is 73.5 Å². The van der Waals surface area contributed by atoms with Crippen molar-refractivity contribution in [3.05, 3.63) is 62.3 Å². The summed E-state index contributed by atoms with van der Waals surface area (Å²) in [6.07, 6.45) is 0.897. The number of hydrogen-bond donors (Lipinski definition) is 3. The minimum atomic E-state index is -0.453. The molecule has 176 valence electrons. The molecule has 0 aliphatic rings. The van der Waals surface area contributed by atoms with Gasteiger partial charge in [0.05, 0.1) is 0 Å². The number of halogens is 1. The van der Waals surface area contributed by atoms with Gasteiger partial charge in [-0.15, -0.1) is 0 Å². The predicted molar refractivity (Wildman–Crippen MR) is 129 cm³/mol. The summed E-state index contributed by atoms with van der Waals surface area (Å²) in [6, 6.07) is 5.12. The fourth-order valence-corrected chi connectivity index (χ4v) is 4.35. The van der Waals surface area contributed by atoms with Crippen LogP contribution in [0.4, 0.5) is 10.1 Å². The summed E-state index contributed by atoms with van der Waals surface area (Å²) in [6.45, 7) is 15.5. The van der Waals surface area contributed by atoms with Gasteiger partial charge in [-0.1, -0.05) is 6.92 Å². The molecule has 1 heterocycles. The summed E-state index contributed by atoms with van der Waals surface area (Å²) in [4.78, 5) is 30.1. The zero-order valence-electron chi connectivity index (χ0n) is 20.4. The lowest BCUT2D eigenvalue weighted by Crippen LogP contribution is -2.39. The molecule has 3 N–H and O–H groups in total. The van der Waals surface area contributed by atoms with E-state index in [0.717, 1.165) is 35.5 Å². The van der Waals surface area contributed by atoms with Gasteiger partial charge in [0.1, 0.15) is 5.82 Å². The molecule has 6 nitrogen and oxygen atoms in total. The van der Waals surface area contributed by atoms with Crippen LogP contribution in [-0.2, 0) is 6.54 Å². The average Bonchev–Trinajstić information content (AvgIpc) is 2.69. The molecule has 2 aromatic rings. The maximum Gasteiger partial charge on any atom is 0.253 e. The molecular weight excluding hydrogens is 407 g/mol. The molecule has 0 saturated carbocycles. The summed E-state index contributed by atoms with van der Waals surface area (Å²) < 4.78 is 14.6. The number of pyridine rings is 1. The van der Waals surface area contributed by atoms with E-state index in [4.69, 9.17) is 0 Å². The Labute approximate surface area is 190 Å². The van der Waals surface area contributed by atoms with Crippen LogP contribution in [0.15, 0.2) is 23.0 Å². The smallest absolute Gasteiger partial charge is 0.253 e. The molecule has 0 radical (unpaired) electrons. The number of anilines is 1. The van der Waals surface area contributed by atoms with Crippen LogP contribution in [0.1, 0.15) is 66.9 Å². The second kappa shape index (κ2) is 11.3. The number of carbonyl (C=O) groups is 1. The number of benzene rings is 1. The first-order valence-electron chi connectivity index (χ1n) is 11.4. The fraction of sp³-hybridized carbons (Fsp3) is 0.520. The van der Waals surface area contributed by atoms with Gasteiger partial charge in [-0.2, -0.15) is 0 Å². The lowest BCUT2D eigenvalue weighted by molar-refractivity contribution is 0.0949. The fourth-order valence-electron chi connectivity index (χ4n) is 4.35. The van der Waals surface area contributed by atoms with Crippen molar-refractivity contribution >= 4 is 11.6 Å². The molecular formula is C25H37FN4O2. The molecule has 7 heteroatoms. The van der Waals surface area contributed by atoms with Crippen LogP contribution in [0.25, 0.3) is 0 Å². The Morgan fingerprint density at radius 3 is 2.44 bits per heavy atom. The Bertz CT molecular complexity index is 1000. The number of carbonyl (C=O) groups excluding carboxylic acids is 1. The van der Waals surface area contributed by atoms with Crippen LogP contribution in [0.5, 0.6) is 0 Å². The number of aromatic amines is 1. The Kier molecular flexibility index (Phi) is 9.01. The topological polar surface area (TPSA) is 77.2 Å². The highest BCUT2D eigenvalue weighted by atomic mass is 19.1. The van der Waals surface area contributed by atoms with Gasteiger partial charge in [-0.05, 0) is 83.8 Å². The van der Waals surface area contributed by atoms with Gasteiger partial charge in [0.15, 0.2) is 0 Å². The van der Waals surface area contributed by atoms with Crippen molar-refractivity contribution in [1.82, 2.24) is 15.6 Å². The standard InChI is InChI=1S/C25H37FN4O2/c1-8-27-16(4)11-18(6)30(9-2)23-13-20(26)12-21(19(23)7)24(31)28-14-22-15(3)10-17(5)29-25(22)32/h10,12-13,16,18,27H,8-9,11,14H2,1-7H3,(H,28,31)(H,29,32). The Morgan fingerprint density at radius 2 is 1.84 bits per heavy atom. The molecule has 0 bridgehead atoms. The van der Waals surface area contributed by atoms with Crippen LogP contribution in [0, 0.1) is 26.6 Å². The van der Waals surface area contributed by atoms with E-state index >= 15 is 0 Å². The lowest BCUT2D eigenvalue weighted by atomic mass is 10.0. The number of H-pyrrole nitrogens is 1. The molecule has 32 heavy (non-hydrogen) atoms. The van der Waals surface area contributed by atoms with Crippen molar-refractivity contribution < 1.29 is 9.18 Å². The number of aromatic nitrogens is 1.